The number of carbonyl (C=O) groups is 2. The van der Waals surface area contributed by atoms with Crippen LogP contribution in [0.3, 0.4) is 0 Å². The van der Waals surface area contributed by atoms with E-state index in [1.807, 2.05) is 6.07 Å². The zero-order chi connectivity index (χ0) is 22.4. The van der Waals surface area contributed by atoms with Crippen molar-refractivity contribution in [2.75, 3.05) is 13.1 Å². The second kappa shape index (κ2) is 9.91. The molecule has 0 saturated carbocycles. The minimum absolute atomic E-state index is 0.241. The van der Waals surface area contributed by atoms with Gasteiger partial charge < -0.3 is 4.74 Å². The lowest BCUT2D eigenvalue weighted by molar-refractivity contribution is -0.134. The molecule has 1 aliphatic heterocycles. The molecule has 3 rings (SSSR count). The number of hydrogen-bond acceptors (Lipinski definition) is 7. The molecule has 1 saturated heterocycles. The molecular weight excluding hydrogens is 440 g/mol. The highest BCUT2D eigenvalue weighted by Gasteiger charge is 2.32. The predicted octanol–water partition coefficient (Wildman–Crippen LogP) is 1.64. The Morgan fingerprint density at radius 2 is 1.87 bits per heavy atom. The number of thiophene rings is 1. The van der Waals surface area contributed by atoms with E-state index in [2.05, 4.69) is 10.9 Å². The second-order valence-electron chi connectivity index (χ2n) is 6.99. The Labute approximate surface area is 184 Å². The average Bonchev–Trinajstić information content (AvgIpc) is 3.33. The highest BCUT2D eigenvalue weighted by molar-refractivity contribution is 7.91. The Bertz CT molecular complexity index is 1050. The average molecular weight is 463 g/mol. The van der Waals surface area contributed by atoms with E-state index in [0.29, 0.717) is 28.4 Å². The minimum Gasteiger partial charge on any atom is -0.481 e. The molecule has 1 aliphatic rings. The zero-order valence-electron chi connectivity index (χ0n) is 16.8. The van der Waals surface area contributed by atoms with Crippen LogP contribution in [0.5, 0.6) is 5.75 Å². The third-order valence-corrected chi connectivity index (χ3v) is 8.16. The minimum atomic E-state index is -3.52. The van der Waals surface area contributed by atoms with E-state index in [-0.39, 0.29) is 19.0 Å². The number of sulfonamides is 1. The smallest absolute Gasteiger partial charge is 0.279 e. The summed E-state index contributed by atoms with van der Waals surface area (Å²) in [6.45, 7) is 2.02. The van der Waals surface area contributed by atoms with Gasteiger partial charge in [-0.1, -0.05) is 6.07 Å². The molecule has 1 fully saturated rings. The Morgan fingerprint density at radius 3 is 2.45 bits per heavy atom. The van der Waals surface area contributed by atoms with Crippen LogP contribution in [0.15, 0.2) is 46.0 Å². The lowest BCUT2D eigenvalue weighted by Crippen LogP contribution is -2.50. The first-order chi connectivity index (χ1) is 14.8. The standard InChI is InChI=1S/C20H22N4O5S2/c1-14(29-17-6-4-15(13-21)5-7-17)19(25)22-23-20(26)16-8-10-24(11-9-16)31(27,28)18-3-2-12-30-18/h2-7,12,14,16H,8-11H2,1H3,(H,22,25)(H,23,26)/t14-/m0/s1. The van der Waals surface area contributed by atoms with Crippen LogP contribution in [-0.2, 0) is 19.6 Å². The number of nitrogens with one attached hydrogen (secondary N) is 2. The van der Waals surface area contributed by atoms with Crippen molar-refractivity contribution < 1.29 is 22.7 Å². The number of rotatable bonds is 6. The molecule has 0 bridgehead atoms. The van der Waals surface area contributed by atoms with Gasteiger partial charge in [-0.3, -0.25) is 20.4 Å². The van der Waals surface area contributed by atoms with Crippen molar-refractivity contribution >= 4 is 33.2 Å². The van der Waals surface area contributed by atoms with Crippen molar-refractivity contribution in [2.24, 2.45) is 5.92 Å². The van der Waals surface area contributed by atoms with Crippen molar-refractivity contribution in [1.29, 1.82) is 5.26 Å². The Morgan fingerprint density at radius 1 is 1.19 bits per heavy atom. The van der Waals surface area contributed by atoms with Crippen LogP contribution < -0.4 is 15.6 Å². The van der Waals surface area contributed by atoms with Crippen molar-refractivity contribution in [2.45, 2.75) is 30.1 Å². The molecule has 0 spiro atoms. The quantitative estimate of drug-likeness (QED) is 0.628. The number of amides is 2. The third-order valence-electron chi connectivity index (χ3n) is 4.89. The van der Waals surface area contributed by atoms with E-state index in [1.54, 1.807) is 41.8 Å². The highest BCUT2D eigenvalue weighted by Crippen LogP contribution is 2.26. The van der Waals surface area contributed by atoms with E-state index in [1.165, 1.54) is 11.2 Å². The molecule has 0 aliphatic carbocycles. The van der Waals surface area contributed by atoms with Crippen LogP contribution in [0, 0.1) is 17.2 Å². The molecule has 2 heterocycles. The summed E-state index contributed by atoms with van der Waals surface area (Å²) in [5, 5.41) is 10.5. The molecule has 31 heavy (non-hydrogen) atoms. The van der Waals surface area contributed by atoms with Crippen molar-refractivity contribution in [3.05, 3.63) is 47.3 Å². The fourth-order valence-electron chi connectivity index (χ4n) is 3.09. The summed E-state index contributed by atoms with van der Waals surface area (Å²) in [6.07, 6.45) is -0.140. The van der Waals surface area contributed by atoms with Gasteiger partial charge in [-0.2, -0.15) is 9.57 Å². The van der Waals surface area contributed by atoms with Gasteiger partial charge in [-0.15, -0.1) is 11.3 Å². The molecule has 1 atom stereocenters. The highest BCUT2D eigenvalue weighted by atomic mass is 32.2. The molecule has 2 aromatic rings. The number of hydrazine groups is 1. The van der Waals surface area contributed by atoms with Gasteiger partial charge >= 0.3 is 0 Å². The maximum absolute atomic E-state index is 12.5. The molecule has 11 heteroatoms. The first kappa shape index (κ1) is 22.7. The number of nitrogens with zero attached hydrogens (tertiary/aromatic N) is 2. The fourth-order valence-corrected chi connectivity index (χ4v) is 5.70. The molecule has 0 unspecified atom stereocenters. The number of hydrogen-bond donors (Lipinski definition) is 2. The summed E-state index contributed by atoms with van der Waals surface area (Å²) >= 11 is 1.16. The van der Waals surface area contributed by atoms with Crippen LogP contribution in [0.1, 0.15) is 25.3 Å². The van der Waals surface area contributed by atoms with Crippen molar-refractivity contribution in [3.63, 3.8) is 0 Å². The molecule has 2 amide bonds. The summed E-state index contributed by atoms with van der Waals surface area (Å²) in [5.41, 5.74) is 5.21. The summed E-state index contributed by atoms with van der Waals surface area (Å²) in [6, 6.07) is 11.6. The number of ether oxygens (including phenoxy) is 1. The van der Waals surface area contributed by atoms with Crippen LogP contribution in [0.4, 0.5) is 0 Å². The number of piperidine rings is 1. The topological polar surface area (TPSA) is 129 Å². The number of nitriles is 1. The maximum Gasteiger partial charge on any atom is 0.279 e. The SMILES string of the molecule is C[C@H](Oc1ccc(C#N)cc1)C(=O)NNC(=O)C1CCN(S(=O)(=O)c2cccs2)CC1. The lowest BCUT2D eigenvalue weighted by Gasteiger charge is -2.30. The van der Waals surface area contributed by atoms with E-state index in [0.717, 1.165) is 11.3 Å². The van der Waals surface area contributed by atoms with Gasteiger partial charge in [0.05, 0.1) is 11.6 Å². The van der Waals surface area contributed by atoms with E-state index >= 15 is 0 Å². The van der Waals surface area contributed by atoms with Crippen LogP contribution >= 0.6 is 11.3 Å². The van der Waals surface area contributed by atoms with E-state index in [9.17, 15) is 18.0 Å². The Kier molecular flexibility index (Phi) is 7.27. The molecule has 164 valence electrons. The fraction of sp³-hybridized carbons (Fsp3) is 0.350. The van der Waals surface area contributed by atoms with Crippen LogP contribution in [0.25, 0.3) is 0 Å². The summed E-state index contributed by atoms with van der Waals surface area (Å²) in [7, 11) is -3.52. The van der Waals surface area contributed by atoms with Gasteiger partial charge in [0.1, 0.15) is 9.96 Å². The molecule has 1 aromatic heterocycles. The summed E-state index contributed by atoms with van der Waals surface area (Å²) in [4.78, 5) is 24.6. The lowest BCUT2D eigenvalue weighted by atomic mass is 9.98. The summed E-state index contributed by atoms with van der Waals surface area (Å²) < 4.78 is 32.3. The van der Waals surface area contributed by atoms with Crippen molar-refractivity contribution in [1.82, 2.24) is 15.2 Å². The van der Waals surface area contributed by atoms with Crippen LogP contribution in [0.2, 0.25) is 0 Å². The van der Waals surface area contributed by atoms with E-state index in [4.69, 9.17) is 10.00 Å². The molecule has 0 radical (unpaired) electrons. The van der Waals surface area contributed by atoms with Gasteiger partial charge in [-0.05, 0) is 55.5 Å². The third kappa shape index (κ3) is 5.61. The largest absolute Gasteiger partial charge is 0.481 e. The second-order valence-corrected chi connectivity index (χ2v) is 10.1. The molecular formula is C20H22N4O5S2. The van der Waals surface area contributed by atoms with Gasteiger partial charge in [0.25, 0.3) is 15.9 Å². The van der Waals surface area contributed by atoms with Gasteiger partial charge in [0.2, 0.25) is 5.91 Å². The van der Waals surface area contributed by atoms with E-state index < -0.39 is 28.0 Å². The summed E-state index contributed by atoms with van der Waals surface area (Å²) in [5.74, 6) is -0.875. The zero-order valence-corrected chi connectivity index (χ0v) is 18.4. The monoisotopic (exact) mass is 462 g/mol. The Balaban J connectivity index is 1.44. The van der Waals surface area contributed by atoms with Gasteiger partial charge in [-0.25, -0.2) is 8.42 Å². The maximum atomic E-state index is 12.5. The molecule has 1 aromatic carbocycles. The van der Waals surface area contributed by atoms with Gasteiger partial charge in [0, 0.05) is 19.0 Å². The molecule has 2 N–H and O–H groups in total. The first-order valence-electron chi connectivity index (χ1n) is 9.61. The first-order valence-corrected chi connectivity index (χ1v) is 11.9. The molecule has 9 nitrogen and oxygen atoms in total. The van der Waals surface area contributed by atoms with Crippen LogP contribution in [-0.4, -0.2) is 43.7 Å². The van der Waals surface area contributed by atoms with Gasteiger partial charge in [0.15, 0.2) is 6.10 Å². The predicted molar refractivity (Wildman–Crippen MR) is 113 cm³/mol. The Hall–Kier alpha value is -2.94. The normalized spacial score (nSPS) is 16.1. The van der Waals surface area contributed by atoms with Crippen molar-refractivity contribution in [3.8, 4) is 11.8 Å². The number of benzene rings is 1. The number of carbonyl (C=O) groups excluding carboxylic acids is 2.